The second-order valence-corrected chi connectivity index (χ2v) is 12.0. The zero-order valence-corrected chi connectivity index (χ0v) is 19.9. The molecule has 0 radical (unpaired) electrons. The summed E-state index contributed by atoms with van der Waals surface area (Å²) in [5, 5.41) is 22.2. The molecule has 6 atom stereocenters. The Hall–Kier alpha value is -1.33. The molecule has 3 rings (SSSR count). The zero-order valence-electron chi connectivity index (χ0n) is 16.4. The number of nitrogens with zero attached hydrogens (tertiary/aromatic N) is 1. The van der Waals surface area contributed by atoms with Crippen LogP contribution in [0.15, 0.2) is 33.3 Å². The quantitative estimate of drug-likeness (QED) is 0.184. The third-order valence-electron chi connectivity index (χ3n) is 4.18. The Morgan fingerprint density at radius 3 is 2.32 bits per heavy atom. The van der Waals surface area contributed by atoms with Crippen molar-refractivity contribution in [3.8, 4) is 10.4 Å². The maximum atomic E-state index is 12.3. The summed E-state index contributed by atoms with van der Waals surface area (Å²) in [6.07, 6.45) is -5.73. The largest absolute Gasteiger partial charge is 0.490 e. The summed E-state index contributed by atoms with van der Waals surface area (Å²) in [5.41, 5.74) is -1.67. The number of ether oxygens (including phenoxy) is 1. The molecule has 0 saturated carbocycles. The third kappa shape index (κ3) is 6.66. The lowest BCUT2D eigenvalue weighted by molar-refractivity contribution is -0.0541. The lowest BCUT2D eigenvalue weighted by atomic mass is 10.1. The highest BCUT2D eigenvalue weighted by Gasteiger charge is 2.46. The Balaban J connectivity index is 1.75. The van der Waals surface area contributed by atoms with E-state index in [4.69, 9.17) is 19.4 Å². The van der Waals surface area contributed by atoms with E-state index in [-0.39, 0.29) is 5.56 Å². The highest BCUT2D eigenvalue weighted by atomic mass is 32.1. The van der Waals surface area contributed by atoms with E-state index in [0.29, 0.717) is 4.88 Å². The summed E-state index contributed by atoms with van der Waals surface area (Å²) >= 11 is 1.18. The molecule has 21 heteroatoms. The minimum atomic E-state index is -5.76. The predicted molar refractivity (Wildman–Crippen MR) is 110 cm³/mol. The summed E-state index contributed by atoms with van der Waals surface area (Å²) in [5.74, 6) is 0. The van der Waals surface area contributed by atoms with E-state index in [1.807, 2.05) is 4.98 Å². The average molecular weight is 566 g/mol. The van der Waals surface area contributed by atoms with Crippen LogP contribution in [-0.2, 0) is 31.6 Å². The number of rotatable bonds is 9. The highest BCUT2D eigenvalue weighted by molar-refractivity contribution is 7.66. The third-order valence-corrected chi connectivity index (χ3v) is 8.89. The lowest BCUT2D eigenvalue weighted by Crippen LogP contribution is -2.38. The van der Waals surface area contributed by atoms with Gasteiger partial charge in [-0.25, -0.2) is 18.5 Å². The van der Waals surface area contributed by atoms with Crippen LogP contribution in [0.5, 0.6) is 0 Å². The van der Waals surface area contributed by atoms with Crippen LogP contribution in [0.25, 0.3) is 10.4 Å². The average Bonchev–Trinajstić information content (AvgIpc) is 3.28. The first-order valence-corrected chi connectivity index (χ1v) is 14.2. The van der Waals surface area contributed by atoms with E-state index < -0.39 is 65.9 Å². The first-order valence-electron chi connectivity index (χ1n) is 8.78. The van der Waals surface area contributed by atoms with Crippen molar-refractivity contribution in [2.75, 3.05) is 6.61 Å². The molecule has 1 saturated heterocycles. The number of thiophene rings is 1. The molecule has 1 aliphatic heterocycles. The summed E-state index contributed by atoms with van der Waals surface area (Å²) < 4.78 is 51.4. The Labute approximate surface area is 192 Å². The molecule has 7 N–H and O–H groups in total. The van der Waals surface area contributed by atoms with E-state index in [2.05, 4.69) is 13.1 Å². The maximum absolute atomic E-state index is 12.3. The fourth-order valence-corrected chi connectivity index (χ4v) is 6.61. The lowest BCUT2D eigenvalue weighted by Gasteiger charge is -2.19. The second-order valence-electron chi connectivity index (χ2n) is 6.62. The predicted octanol–water partition coefficient (Wildman–Crippen LogP) is -0.772. The van der Waals surface area contributed by atoms with Gasteiger partial charge >= 0.3 is 29.2 Å². The number of hydrogen-bond donors (Lipinski definition) is 7. The van der Waals surface area contributed by atoms with Crippen molar-refractivity contribution >= 4 is 34.8 Å². The molecule has 34 heavy (non-hydrogen) atoms. The van der Waals surface area contributed by atoms with Crippen LogP contribution in [0.1, 0.15) is 6.23 Å². The number of aliphatic hydroxyl groups excluding tert-OH is 2. The molecule has 1 fully saturated rings. The summed E-state index contributed by atoms with van der Waals surface area (Å²) in [7, 11) is -16.9. The Kier molecular flexibility index (Phi) is 7.99. The molecular weight excluding hydrogens is 549 g/mol. The molecule has 2 aromatic rings. The van der Waals surface area contributed by atoms with Crippen molar-refractivity contribution in [2.24, 2.45) is 0 Å². The molecular formula is C13H17N2O15P3S. The van der Waals surface area contributed by atoms with Crippen molar-refractivity contribution in [3.63, 3.8) is 0 Å². The number of phosphoric acid groups is 3. The van der Waals surface area contributed by atoms with Gasteiger partial charge in [-0.05, 0) is 11.4 Å². The molecule has 0 aliphatic carbocycles. The number of aliphatic hydroxyl groups is 2. The van der Waals surface area contributed by atoms with Crippen molar-refractivity contribution in [2.45, 2.75) is 24.5 Å². The normalized spacial score (nSPS) is 26.8. The van der Waals surface area contributed by atoms with Gasteiger partial charge in [0.25, 0.3) is 5.56 Å². The van der Waals surface area contributed by atoms with Gasteiger partial charge in [-0.1, -0.05) is 6.07 Å². The molecule has 0 spiro atoms. The first-order chi connectivity index (χ1) is 15.6. The van der Waals surface area contributed by atoms with Gasteiger partial charge in [-0.2, -0.15) is 8.62 Å². The molecule has 190 valence electrons. The standard InChI is InChI=1S/C13H17N2O15P3S/c16-9-7(5-27-32(23,24)30-33(25,26)29-31(20,21)22)28-12(10(9)17)15-4-6(8-2-1-3-34-8)11(18)14-13(15)19/h1-4,7,9-10,12,16-17H,5H2,(H,23,24)(H,25,26)(H,14,18,19)(H2,20,21,22)/t7-,9-,10-,12-/m1/s1. The van der Waals surface area contributed by atoms with E-state index in [1.54, 1.807) is 17.5 Å². The van der Waals surface area contributed by atoms with E-state index in [0.717, 1.165) is 10.8 Å². The van der Waals surface area contributed by atoms with Crippen molar-refractivity contribution in [1.82, 2.24) is 9.55 Å². The molecule has 0 bridgehead atoms. The van der Waals surface area contributed by atoms with Crippen LogP contribution < -0.4 is 11.2 Å². The summed E-state index contributed by atoms with van der Waals surface area (Å²) in [6.45, 7) is -1.06. The van der Waals surface area contributed by atoms with Crippen molar-refractivity contribution < 1.29 is 61.4 Å². The van der Waals surface area contributed by atoms with Crippen LogP contribution in [0.2, 0.25) is 0 Å². The number of phosphoric ester groups is 1. The van der Waals surface area contributed by atoms with Gasteiger partial charge in [0, 0.05) is 11.1 Å². The summed E-state index contributed by atoms with van der Waals surface area (Å²) in [6, 6.07) is 3.24. The first kappa shape index (κ1) is 27.3. The van der Waals surface area contributed by atoms with Gasteiger partial charge in [-0.3, -0.25) is 18.9 Å². The van der Waals surface area contributed by atoms with Gasteiger partial charge in [0.05, 0.1) is 12.2 Å². The maximum Gasteiger partial charge on any atom is 0.490 e. The van der Waals surface area contributed by atoms with E-state index in [9.17, 15) is 38.4 Å². The smallest absolute Gasteiger partial charge is 0.387 e. The van der Waals surface area contributed by atoms with Crippen LogP contribution >= 0.6 is 34.8 Å². The van der Waals surface area contributed by atoms with Crippen molar-refractivity contribution in [1.29, 1.82) is 0 Å². The Morgan fingerprint density at radius 2 is 1.74 bits per heavy atom. The summed E-state index contributed by atoms with van der Waals surface area (Å²) in [4.78, 5) is 62.6. The number of aromatic amines is 1. The molecule has 2 aromatic heterocycles. The van der Waals surface area contributed by atoms with Crippen molar-refractivity contribution in [3.05, 3.63) is 44.5 Å². The second kappa shape index (κ2) is 9.97. The molecule has 0 aromatic carbocycles. The minimum absolute atomic E-state index is 0.0524. The van der Waals surface area contributed by atoms with Crippen LogP contribution in [0.3, 0.4) is 0 Å². The van der Waals surface area contributed by atoms with Gasteiger partial charge in [0.1, 0.15) is 18.3 Å². The van der Waals surface area contributed by atoms with E-state index >= 15 is 0 Å². The molecule has 2 unspecified atom stereocenters. The monoisotopic (exact) mass is 566 g/mol. The SMILES string of the molecule is O=c1[nH]c(=O)n([C@@H]2O[C@H](COP(=O)(O)OP(=O)(O)OP(=O)(O)O)[C@@H](O)[C@H]2O)cc1-c1cccs1. The molecule has 17 nitrogen and oxygen atoms in total. The number of hydrogen-bond acceptors (Lipinski definition) is 12. The number of aromatic nitrogens is 2. The van der Waals surface area contributed by atoms with Gasteiger partial charge in [0.15, 0.2) is 6.23 Å². The van der Waals surface area contributed by atoms with Gasteiger partial charge in [0.2, 0.25) is 0 Å². The Morgan fingerprint density at radius 1 is 1.06 bits per heavy atom. The molecule has 3 heterocycles. The Bertz CT molecular complexity index is 1290. The van der Waals surface area contributed by atoms with Gasteiger partial charge in [-0.15, -0.1) is 11.3 Å². The van der Waals surface area contributed by atoms with Gasteiger partial charge < -0.3 is 34.5 Å². The van der Waals surface area contributed by atoms with E-state index in [1.165, 1.54) is 11.3 Å². The fourth-order valence-electron chi connectivity index (χ4n) is 2.85. The fraction of sp³-hybridized carbons (Fsp3) is 0.385. The molecule has 0 amide bonds. The topological polar surface area (TPSA) is 264 Å². The number of H-pyrrole nitrogens is 1. The van der Waals surface area contributed by atoms with Crippen LogP contribution in [0, 0.1) is 0 Å². The zero-order chi connectivity index (χ0) is 25.5. The van der Waals surface area contributed by atoms with Crippen LogP contribution in [-0.4, -0.2) is 64.3 Å². The highest BCUT2D eigenvalue weighted by Crippen LogP contribution is 2.66. The molecule has 1 aliphatic rings. The number of nitrogens with one attached hydrogen (secondary N) is 1. The van der Waals surface area contributed by atoms with Crippen LogP contribution in [0.4, 0.5) is 0 Å². The minimum Gasteiger partial charge on any atom is -0.387 e.